The molecule has 0 saturated carbocycles. The van der Waals surface area contributed by atoms with Crippen LogP contribution in [0.1, 0.15) is 25.2 Å². The largest absolute Gasteiger partial charge is 1.00 e. The average Bonchev–Trinajstić information content (AvgIpc) is 2.78. The molecule has 1 aliphatic heterocycles. The van der Waals surface area contributed by atoms with Crippen molar-refractivity contribution >= 4 is 0 Å². The van der Waals surface area contributed by atoms with Gasteiger partial charge in [-0.05, 0) is 31.2 Å². The van der Waals surface area contributed by atoms with E-state index >= 15 is 0 Å². The lowest BCUT2D eigenvalue weighted by Crippen LogP contribution is -3.08. The van der Waals surface area contributed by atoms with Crippen molar-refractivity contribution in [1.29, 1.82) is 0 Å². The Morgan fingerprint density at radius 2 is 1.64 bits per heavy atom. The maximum Gasteiger partial charge on any atom is 0.158 e. The number of allylic oxidation sites excluding steroid dienone is 2. The fraction of sp³-hybridized carbons (Fsp3) is 0.294. The summed E-state index contributed by atoms with van der Waals surface area (Å²) in [7, 11) is 0. The van der Waals surface area contributed by atoms with E-state index in [-0.39, 0.29) is 12.4 Å². The molecule has 0 amide bonds. The van der Waals surface area contributed by atoms with E-state index in [2.05, 4.69) is 46.9 Å². The van der Waals surface area contributed by atoms with Gasteiger partial charge in [0.2, 0.25) is 0 Å². The summed E-state index contributed by atoms with van der Waals surface area (Å²) >= 11 is 0. The number of nitrogens with one attached hydrogen (secondary N) is 1. The molecule has 2 aromatic heterocycles. The van der Waals surface area contributed by atoms with Gasteiger partial charge in [-0.1, -0.05) is 12.1 Å². The van der Waals surface area contributed by atoms with Crippen LogP contribution in [0.3, 0.4) is 0 Å². The third kappa shape index (κ3) is 3.64. The third-order valence-electron chi connectivity index (χ3n) is 4.13. The molecule has 3 rings (SSSR count). The van der Waals surface area contributed by atoms with Crippen LogP contribution >= 0.6 is 0 Å². The highest BCUT2D eigenvalue weighted by Gasteiger charge is 2.28. The predicted octanol–water partition coefficient (Wildman–Crippen LogP) is -1.41. The van der Waals surface area contributed by atoms with Gasteiger partial charge in [-0.25, -0.2) is 0 Å². The standard InChI is InChI=1S/C17H20N4.ClH/c1-14-15(2)21(12-17-8-4-6-10-19-17)13-20(14)11-16-7-3-5-9-18-16;/h3-10H,11-13H2,1-2H3;1H. The van der Waals surface area contributed by atoms with Crippen molar-refractivity contribution in [2.45, 2.75) is 26.9 Å². The number of hydrogen-bond donors (Lipinski definition) is 1. The molecular formula is C17H21ClN4. The van der Waals surface area contributed by atoms with Crippen molar-refractivity contribution in [1.82, 2.24) is 14.9 Å². The second-order valence-corrected chi connectivity index (χ2v) is 5.49. The van der Waals surface area contributed by atoms with Crippen LogP contribution in [-0.2, 0) is 13.1 Å². The van der Waals surface area contributed by atoms with Gasteiger partial charge in [0.05, 0.1) is 23.6 Å². The molecule has 0 radical (unpaired) electrons. The van der Waals surface area contributed by atoms with E-state index in [1.807, 2.05) is 30.6 Å². The second kappa shape index (κ2) is 7.38. The number of quaternary nitrogens is 1. The molecule has 4 nitrogen and oxygen atoms in total. The second-order valence-electron chi connectivity index (χ2n) is 5.49. The zero-order valence-electron chi connectivity index (χ0n) is 13.0. The van der Waals surface area contributed by atoms with Gasteiger partial charge >= 0.3 is 0 Å². The highest BCUT2D eigenvalue weighted by atomic mass is 35.5. The van der Waals surface area contributed by atoms with E-state index in [0.29, 0.717) is 0 Å². The van der Waals surface area contributed by atoms with E-state index in [1.54, 1.807) is 0 Å². The Labute approximate surface area is 137 Å². The van der Waals surface area contributed by atoms with Crippen molar-refractivity contribution in [3.63, 3.8) is 0 Å². The van der Waals surface area contributed by atoms with Gasteiger partial charge in [0.25, 0.3) is 0 Å². The molecule has 0 bridgehead atoms. The Balaban J connectivity index is 0.00000176. The first-order valence-electron chi connectivity index (χ1n) is 7.31. The van der Waals surface area contributed by atoms with Gasteiger partial charge in [0, 0.05) is 19.3 Å². The van der Waals surface area contributed by atoms with Gasteiger partial charge in [-0.3, -0.25) is 14.9 Å². The third-order valence-corrected chi connectivity index (χ3v) is 4.13. The van der Waals surface area contributed by atoms with Crippen molar-refractivity contribution in [3.05, 3.63) is 71.6 Å². The number of rotatable bonds is 4. The summed E-state index contributed by atoms with van der Waals surface area (Å²) < 4.78 is 0. The molecule has 1 atom stereocenters. The highest BCUT2D eigenvalue weighted by Crippen LogP contribution is 2.13. The lowest BCUT2D eigenvalue weighted by atomic mass is 10.3. The Kier molecular flexibility index (Phi) is 5.52. The van der Waals surface area contributed by atoms with Crippen LogP contribution in [0.2, 0.25) is 0 Å². The van der Waals surface area contributed by atoms with Gasteiger partial charge in [0.15, 0.2) is 6.67 Å². The normalized spacial score (nSPS) is 17.5. The first kappa shape index (κ1) is 16.5. The summed E-state index contributed by atoms with van der Waals surface area (Å²) in [6.45, 7) is 7.19. The molecule has 1 N–H and O–H groups in total. The van der Waals surface area contributed by atoms with E-state index in [9.17, 15) is 0 Å². The zero-order chi connectivity index (χ0) is 14.7. The van der Waals surface area contributed by atoms with E-state index in [0.717, 1.165) is 31.1 Å². The van der Waals surface area contributed by atoms with Gasteiger partial charge < -0.3 is 17.3 Å². The van der Waals surface area contributed by atoms with Crippen LogP contribution in [0, 0.1) is 0 Å². The minimum atomic E-state index is 0. The Morgan fingerprint density at radius 1 is 1.00 bits per heavy atom. The van der Waals surface area contributed by atoms with Crippen molar-refractivity contribution < 1.29 is 17.3 Å². The molecule has 5 heteroatoms. The van der Waals surface area contributed by atoms with Crippen LogP contribution in [0.5, 0.6) is 0 Å². The molecule has 0 spiro atoms. The van der Waals surface area contributed by atoms with E-state index < -0.39 is 0 Å². The topological polar surface area (TPSA) is 33.5 Å². The molecule has 2 aromatic rings. The number of halogens is 1. The summed E-state index contributed by atoms with van der Waals surface area (Å²) in [5.74, 6) is 0. The molecule has 0 aliphatic carbocycles. The lowest BCUT2D eigenvalue weighted by molar-refractivity contribution is -0.877. The molecule has 1 unspecified atom stereocenters. The number of hydrogen-bond acceptors (Lipinski definition) is 3. The van der Waals surface area contributed by atoms with Crippen molar-refractivity contribution in [2.75, 3.05) is 6.67 Å². The minimum Gasteiger partial charge on any atom is -1.00 e. The van der Waals surface area contributed by atoms with Gasteiger partial charge in [-0.15, -0.1) is 0 Å². The Hall–Kier alpha value is -1.91. The first-order valence-corrected chi connectivity index (χ1v) is 7.31. The molecule has 3 heterocycles. The van der Waals surface area contributed by atoms with Crippen molar-refractivity contribution in [2.24, 2.45) is 0 Å². The van der Waals surface area contributed by atoms with Gasteiger partial charge in [0.1, 0.15) is 12.2 Å². The summed E-state index contributed by atoms with van der Waals surface area (Å²) in [5.41, 5.74) is 5.01. The van der Waals surface area contributed by atoms with Crippen LogP contribution in [-0.4, -0.2) is 21.5 Å². The molecule has 0 saturated heterocycles. The number of nitrogens with zero attached hydrogens (tertiary/aromatic N) is 3. The maximum atomic E-state index is 4.44. The molecule has 0 fully saturated rings. The monoisotopic (exact) mass is 316 g/mol. The highest BCUT2D eigenvalue weighted by molar-refractivity contribution is 5.10. The Bertz CT molecular complexity index is 572. The molecule has 116 valence electrons. The molecule has 22 heavy (non-hydrogen) atoms. The average molecular weight is 317 g/mol. The summed E-state index contributed by atoms with van der Waals surface area (Å²) in [5, 5.41) is 0. The summed E-state index contributed by atoms with van der Waals surface area (Å²) in [4.78, 5) is 12.7. The maximum absolute atomic E-state index is 4.44. The summed E-state index contributed by atoms with van der Waals surface area (Å²) in [6, 6.07) is 12.2. The lowest BCUT2D eigenvalue weighted by Gasteiger charge is -2.18. The van der Waals surface area contributed by atoms with Crippen LogP contribution < -0.4 is 17.3 Å². The van der Waals surface area contributed by atoms with Crippen LogP contribution in [0.4, 0.5) is 0 Å². The molecule has 1 aliphatic rings. The number of aromatic nitrogens is 2. The summed E-state index contributed by atoms with van der Waals surface area (Å²) in [6.07, 6.45) is 3.72. The van der Waals surface area contributed by atoms with E-state index in [1.165, 1.54) is 16.3 Å². The fourth-order valence-corrected chi connectivity index (χ4v) is 2.73. The Morgan fingerprint density at radius 3 is 2.23 bits per heavy atom. The first-order chi connectivity index (χ1) is 10.2. The van der Waals surface area contributed by atoms with Crippen molar-refractivity contribution in [3.8, 4) is 0 Å². The minimum absolute atomic E-state index is 0. The van der Waals surface area contributed by atoms with Gasteiger partial charge in [-0.2, -0.15) is 0 Å². The predicted molar refractivity (Wildman–Crippen MR) is 81.9 cm³/mol. The zero-order valence-corrected chi connectivity index (χ0v) is 13.7. The fourth-order valence-electron chi connectivity index (χ4n) is 2.73. The van der Waals surface area contributed by atoms with Crippen LogP contribution in [0.15, 0.2) is 60.2 Å². The van der Waals surface area contributed by atoms with Crippen LogP contribution in [0.25, 0.3) is 0 Å². The van der Waals surface area contributed by atoms with E-state index in [4.69, 9.17) is 0 Å². The smallest absolute Gasteiger partial charge is 0.158 e. The SMILES string of the molecule is CC1=C(C)[NH+](Cc2ccccn2)CN1Cc1ccccn1.[Cl-]. The quantitative estimate of drug-likeness (QED) is 0.752. The number of pyridine rings is 2. The molecule has 0 aromatic carbocycles. The molecular weight excluding hydrogens is 296 g/mol.